The van der Waals surface area contributed by atoms with Crippen molar-refractivity contribution in [3.8, 4) is 0 Å². The summed E-state index contributed by atoms with van der Waals surface area (Å²) in [7, 11) is 0. The Morgan fingerprint density at radius 1 is 1.00 bits per heavy atom. The number of thiazole rings is 1. The van der Waals surface area contributed by atoms with Gasteiger partial charge in [0.1, 0.15) is 0 Å². The molecule has 26 heavy (non-hydrogen) atoms. The molecule has 2 nitrogen and oxygen atoms in total. The molecule has 1 aromatic heterocycles. The summed E-state index contributed by atoms with van der Waals surface area (Å²) in [4.78, 5) is 6.19. The number of nitrogens with zero attached hydrogens (tertiary/aromatic N) is 1. The molecule has 0 atom stereocenters. The maximum absolute atomic E-state index is 6.00. The second kappa shape index (κ2) is 8.55. The van der Waals surface area contributed by atoms with Crippen molar-refractivity contribution >= 4 is 50.7 Å². The molecule has 0 radical (unpaired) electrons. The van der Waals surface area contributed by atoms with Crippen LogP contribution in [0.4, 0.5) is 10.8 Å². The Hall–Kier alpha value is -1.36. The lowest BCUT2D eigenvalue weighted by Gasteiger charge is -2.17. The van der Waals surface area contributed by atoms with E-state index in [-0.39, 0.29) is 22.4 Å². The van der Waals surface area contributed by atoms with Crippen LogP contribution in [-0.2, 0) is 11.8 Å². The first-order valence-corrected chi connectivity index (χ1v) is 9.59. The molecule has 0 aliphatic heterocycles. The van der Waals surface area contributed by atoms with E-state index in [1.165, 1.54) is 16.0 Å². The molecule has 5 heteroatoms. The summed E-state index contributed by atoms with van der Waals surface area (Å²) in [6.07, 6.45) is 0.872. The molecule has 0 aliphatic carbocycles. The highest BCUT2D eigenvalue weighted by Gasteiger charge is 2.23. The summed E-state index contributed by atoms with van der Waals surface area (Å²) in [5.41, 5.74) is 4.73. The number of halogens is 2. The summed E-state index contributed by atoms with van der Waals surface area (Å²) in [5, 5.41) is 5.16. The second-order valence-electron chi connectivity index (χ2n) is 7.34. The molecule has 2 aromatic carbocycles. The first kappa shape index (κ1) is 20.9. The molecule has 0 spiro atoms. The van der Waals surface area contributed by atoms with Crippen LogP contribution in [0.5, 0.6) is 0 Å². The third-order valence-corrected chi connectivity index (χ3v) is 5.21. The van der Waals surface area contributed by atoms with Gasteiger partial charge in [0.15, 0.2) is 5.13 Å². The fourth-order valence-corrected chi connectivity index (χ4v) is 4.01. The van der Waals surface area contributed by atoms with Gasteiger partial charge in [-0.05, 0) is 36.8 Å². The van der Waals surface area contributed by atoms with Crippen molar-refractivity contribution in [2.75, 3.05) is 5.32 Å². The van der Waals surface area contributed by atoms with E-state index in [1.807, 2.05) is 12.1 Å². The smallest absolute Gasteiger partial charge is 0.187 e. The van der Waals surface area contributed by atoms with Gasteiger partial charge in [0, 0.05) is 27.4 Å². The van der Waals surface area contributed by atoms with Crippen LogP contribution in [0.15, 0.2) is 48.5 Å². The van der Waals surface area contributed by atoms with Crippen molar-refractivity contribution in [3.63, 3.8) is 0 Å². The highest BCUT2D eigenvalue weighted by atomic mass is 79.9. The fraction of sp³-hybridized carbons (Fsp3) is 0.286. The van der Waals surface area contributed by atoms with E-state index >= 15 is 0 Å². The first-order valence-electron chi connectivity index (χ1n) is 8.39. The van der Waals surface area contributed by atoms with E-state index in [4.69, 9.17) is 16.6 Å². The van der Waals surface area contributed by atoms with Gasteiger partial charge in [0.25, 0.3) is 0 Å². The van der Waals surface area contributed by atoms with Gasteiger partial charge in [0.2, 0.25) is 0 Å². The van der Waals surface area contributed by atoms with E-state index in [0.717, 1.165) is 28.0 Å². The number of nitrogens with one attached hydrogen (secondary N) is 1. The van der Waals surface area contributed by atoms with Crippen molar-refractivity contribution in [1.29, 1.82) is 0 Å². The van der Waals surface area contributed by atoms with Crippen LogP contribution in [-0.4, -0.2) is 4.98 Å². The molecular formula is C21H24BrClN2S. The van der Waals surface area contributed by atoms with Gasteiger partial charge in [-0.1, -0.05) is 62.2 Å². The third kappa shape index (κ3) is 5.32. The number of hydrogen-bond donors (Lipinski definition) is 1. The minimum atomic E-state index is 0. The van der Waals surface area contributed by atoms with Crippen LogP contribution < -0.4 is 5.32 Å². The number of aryl methyl sites for hydroxylation is 1. The SMILES string of the molecule is Br.Cc1ccc(Nc2nc(C(C)(C)C)c(Cc3ccc(Cl)cc3)s2)cc1. The molecule has 138 valence electrons. The van der Waals surface area contributed by atoms with Crippen molar-refractivity contribution < 1.29 is 0 Å². The van der Waals surface area contributed by atoms with Crippen molar-refractivity contribution in [2.45, 2.75) is 39.5 Å². The van der Waals surface area contributed by atoms with Crippen LogP contribution in [0.25, 0.3) is 0 Å². The fourth-order valence-electron chi connectivity index (χ4n) is 2.66. The Balaban J connectivity index is 0.00000243. The monoisotopic (exact) mass is 450 g/mol. The van der Waals surface area contributed by atoms with Gasteiger partial charge >= 0.3 is 0 Å². The molecule has 1 heterocycles. The maximum atomic E-state index is 6.00. The topological polar surface area (TPSA) is 24.9 Å². The average molecular weight is 452 g/mol. The summed E-state index contributed by atoms with van der Waals surface area (Å²) < 4.78 is 0. The summed E-state index contributed by atoms with van der Waals surface area (Å²) in [6.45, 7) is 8.73. The second-order valence-corrected chi connectivity index (χ2v) is 8.86. The third-order valence-electron chi connectivity index (χ3n) is 3.99. The van der Waals surface area contributed by atoms with Crippen LogP contribution in [0.2, 0.25) is 5.02 Å². The molecule has 3 aromatic rings. The molecule has 0 unspecified atom stereocenters. The summed E-state index contributed by atoms with van der Waals surface area (Å²) >= 11 is 7.73. The van der Waals surface area contributed by atoms with Crippen molar-refractivity contribution in [3.05, 3.63) is 75.3 Å². The number of rotatable bonds is 4. The van der Waals surface area contributed by atoms with Crippen LogP contribution in [0, 0.1) is 6.92 Å². The van der Waals surface area contributed by atoms with E-state index in [1.54, 1.807) is 11.3 Å². The van der Waals surface area contributed by atoms with Crippen LogP contribution >= 0.6 is 39.9 Å². The Bertz CT molecular complexity index is 849. The Morgan fingerprint density at radius 3 is 2.19 bits per heavy atom. The standard InChI is InChI=1S/C21H23ClN2S.BrH/c1-14-5-11-17(12-6-14)23-20-24-19(21(2,3)4)18(25-20)13-15-7-9-16(22)10-8-15;/h5-12H,13H2,1-4H3,(H,23,24);1H. The molecular weight excluding hydrogens is 428 g/mol. The average Bonchev–Trinajstić information content (AvgIpc) is 2.95. The maximum Gasteiger partial charge on any atom is 0.187 e. The lowest BCUT2D eigenvalue weighted by molar-refractivity contribution is 0.568. The lowest BCUT2D eigenvalue weighted by atomic mass is 9.90. The van der Waals surface area contributed by atoms with Crippen LogP contribution in [0.1, 0.15) is 42.5 Å². The van der Waals surface area contributed by atoms with Gasteiger partial charge in [-0.2, -0.15) is 0 Å². The minimum absolute atomic E-state index is 0. The largest absolute Gasteiger partial charge is 0.332 e. The Kier molecular flexibility index (Phi) is 6.89. The number of aromatic nitrogens is 1. The molecule has 0 bridgehead atoms. The number of benzene rings is 2. The predicted octanol–water partition coefficient (Wildman–Crippen LogP) is 7.31. The molecule has 0 fully saturated rings. The zero-order valence-corrected chi connectivity index (χ0v) is 18.8. The number of hydrogen-bond acceptors (Lipinski definition) is 3. The molecule has 0 saturated heterocycles. The zero-order chi connectivity index (χ0) is 18.0. The van der Waals surface area contributed by atoms with Crippen LogP contribution in [0.3, 0.4) is 0 Å². The van der Waals surface area contributed by atoms with E-state index in [0.29, 0.717) is 0 Å². The molecule has 0 saturated carbocycles. The Morgan fingerprint density at radius 2 is 1.62 bits per heavy atom. The minimum Gasteiger partial charge on any atom is -0.332 e. The summed E-state index contributed by atoms with van der Waals surface area (Å²) in [5.74, 6) is 0. The van der Waals surface area contributed by atoms with Crippen molar-refractivity contribution in [2.24, 2.45) is 0 Å². The Labute approximate surface area is 175 Å². The quantitative estimate of drug-likeness (QED) is 0.449. The molecule has 3 rings (SSSR count). The number of anilines is 2. The predicted molar refractivity (Wildman–Crippen MR) is 120 cm³/mol. The first-order chi connectivity index (χ1) is 11.8. The zero-order valence-electron chi connectivity index (χ0n) is 15.5. The van der Waals surface area contributed by atoms with Gasteiger partial charge in [-0.25, -0.2) is 4.98 Å². The van der Waals surface area contributed by atoms with Gasteiger partial charge in [-0.15, -0.1) is 28.3 Å². The molecule has 1 N–H and O–H groups in total. The van der Waals surface area contributed by atoms with Gasteiger partial charge in [-0.3, -0.25) is 0 Å². The molecule has 0 amide bonds. The van der Waals surface area contributed by atoms with Crippen molar-refractivity contribution in [1.82, 2.24) is 4.98 Å². The molecule has 0 aliphatic rings. The van der Waals surface area contributed by atoms with E-state index < -0.39 is 0 Å². The van der Waals surface area contributed by atoms with E-state index in [2.05, 4.69) is 69.4 Å². The van der Waals surface area contributed by atoms with Gasteiger partial charge in [0.05, 0.1) is 5.69 Å². The highest BCUT2D eigenvalue weighted by Crippen LogP contribution is 2.35. The van der Waals surface area contributed by atoms with Gasteiger partial charge < -0.3 is 5.32 Å². The van der Waals surface area contributed by atoms with E-state index in [9.17, 15) is 0 Å². The highest BCUT2D eigenvalue weighted by molar-refractivity contribution is 8.93. The summed E-state index contributed by atoms with van der Waals surface area (Å²) in [6, 6.07) is 16.5. The normalized spacial score (nSPS) is 11.1. The lowest BCUT2D eigenvalue weighted by Crippen LogP contribution is -2.14.